The second-order valence-electron chi connectivity index (χ2n) is 6.72. The highest BCUT2D eigenvalue weighted by Crippen LogP contribution is 2.27. The number of alkyl halides is 3. The first kappa shape index (κ1) is 19.7. The zero-order valence-corrected chi connectivity index (χ0v) is 14.6. The normalized spacial score (nSPS) is 18.8. The molecule has 1 aliphatic rings. The summed E-state index contributed by atoms with van der Waals surface area (Å²) in [6.45, 7) is 5.08. The Morgan fingerprint density at radius 1 is 1.20 bits per heavy atom. The monoisotopic (exact) mass is 357 g/mol. The van der Waals surface area contributed by atoms with Crippen LogP contribution in [-0.4, -0.2) is 55.7 Å². The summed E-state index contributed by atoms with van der Waals surface area (Å²) in [5.74, 6) is -0.824. The number of carbonyl (C=O) groups excluding carboxylic acids is 1. The Kier molecular flexibility index (Phi) is 6.84. The van der Waals surface area contributed by atoms with E-state index in [2.05, 4.69) is 10.6 Å². The quantitative estimate of drug-likeness (QED) is 0.822. The maximum absolute atomic E-state index is 13.4. The van der Waals surface area contributed by atoms with Gasteiger partial charge in [0, 0.05) is 32.7 Å². The second kappa shape index (κ2) is 8.67. The number of hydrogen-bond donors (Lipinski definition) is 2. The van der Waals surface area contributed by atoms with Gasteiger partial charge in [0.1, 0.15) is 6.04 Å². The summed E-state index contributed by atoms with van der Waals surface area (Å²) in [7, 11) is 0. The number of nitrogens with one attached hydrogen (secondary N) is 2. The van der Waals surface area contributed by atoms with Crippen molar-refractivity contribution < 1.29 is 18.0 Å². The lowest BCUT2D eigenvalue weighted by Crippen LogP contribution is -2.57. The molecular formula is C18H26F3N3O. The van der Waals surface area contributed by atoms with Crippen LogP contribution in [-0.2, 0) is 4.79 Å². The Hall–Kier alpha value is -1.60. The van der Waals surface area contributed by atoms with Crippen LogP contribution in [0, 0.1) is 5.92 Å². The van der Waals surface area contributed by atoms with Crippen LogP contribution in [0.1, 0.15) is 25.3 Å². The molecule has 0 bridgehead atoms. The van der Waals surface area contributed by atoms with E-state index in [9.17, 15) is 18.0 Å². The van der Waals surface area contributed by atoms with Crippen molar-refractivity contribution in [2.75, 3.05) is 32.7 Å². The zero-order valence-electron chi connectivity index (χ0n) is 14.6. The minimum atomic E-state index is -4.37. The number of carbonyl (C=O) groups is 1. The van der Waals surface area contributed by atoms with Gasteiger partial charge in [-0.25, -0.2) is 0 Å². The van der Waals surface area contributed by atoms with Gasteiger partial charge >= 0.3 is 6.18 Å². The number of rotatable bonds is 6. The first-order chi connectivity index (χ1) is 11.8. The predicted molar refractivity (Wildman–Crippen MR) is 91.3 cm³/mol. The van der Waals surface area contributed by atoms with Crippen LogP contribution in [0.25, 0.3) is 0 Å². The van der Waals surface area contributed by atoms with Gasteiger partial charge in [-0.3, -0.25) is 9.69 Å². The first-order valence-corrected chi connectivity index (χ1v) is 8.65. The summed E-state index contributed by atoms with van der Waals surface area (Å²) < 4.78 is 40.3. The largest absolute Gasteiger partial charge is 0.405 e. The molecule has 2 atom stereocenters. The Bertz CT molecular complexity index is 542. The molecule has 0 spiro atoms. The summed E-state index contributed by atoms with van der Waals surface area (Å²) in [5.41, 5.74) is 0.820. The molecule has 1 heterocycles. The molecule has 0 aliphatic carbocycles. The highest BCUT2D eigenvalue weighted by Gasteiger charge is 2.44. The fourth-order valence-corrected chi connectivity index (χ4v) is 3.25. The number of hydrogen-bond acceptors (Lipinski definition) is 3. The van der Waals surface area contributed by atoms with Gasteiger partial charge in [-0.2, -0.15) is 13.2 Å². The van der Waals surface area contributed by atoms with Crippen molar-refractivity contribution in [2.24, 2.45) is 5.92 Å². The second-order valence-corrected chi connectivity index (χ2v) is 6.72. The van der Waals surface area contributed by atoms with E-state index in [0.717, 1.165) is 5.56 Å². The average Bonchev–Trinajstić information content (AvgIpc) is 2.55. The molecule has 1 saturated heterocycles. The van der Waals surface area contributed by atoms with Crippen LogP contribution in [0.2, 0.25) is 0 Å². The molecule has 0 radical (unpaired) electrons. The van der Waals surface area contributed by atoms with E-state index in [1.807, 2.05) is 44.2 Å². The Labute approximate surface area is 146 Å². The van der Waals surface area contributed by atoms with Crippen molar-refractivity contribution in [3.8, 4) is 0 Å². The van der Waals surface area contributed by atoms with Gasteiger partial charge in [0.15, 0.2) is 0 Å². The fraction of sp³-hybridized carbons (Fsp3) is 0.611. The van der Waals surface area contributed by atoms with Gasteiger partial charge in [0.05, 0.1) is 5.92 Å². The Morgan fingerprint density at radius 3 is 2.32 bits per heavy atom. The number of piperazine rings is 1. The minimum absolute atomic E-state index is 0.00840. The third-order valence-electron chi connectivity index (χ3n) is 4.55. The van der Waals surface area contributed by atoms with E-state index in [0.29, 0.717) is 26.2 Å². The lowest BCUT2D eigenvalue weighted by Gasteiger charge is -2.36. The zero-order chi connectivity index (χ0) is 18.4. The van der Waals surface area contributed by atoms with Crippen molar-refractivity contribution in [1.29, 1.82) is 0 Å². The molecule has 2 rings (SSSR count). The van der Waals surface area contributed by atoms with E-state index in [-0.39, 0.29) is 11.8 Å². The number of nitrogens with zero attached hydrogens (tertiary/aromatic N) is 1. The first-order valence-electron chi connectivity index (χ1n) is 8.65. The van der Waals surface area contributed by atoms with Crippen molar-refractivity contribution in [3.05, 3.63) is 35.9 Å². The fourth-order valence-electron chi connectivity index (χ4n) is 3.25. The van der Waals surface area contributed by atoms with E-state index >= 15 is 0 Å². The molecule has 1 aromatic carbocycles. The summed E-state index contributed by atoms with van der Waals surface area (Å²) in [6, 6.07) is 7.53. The topological polar surface area (TPSA) is 44.4 Å². The molecular weight excluding hydrogens is 331 g/mol. The van der Waals surface area contributed by atoms with Crippen LogP contribution >= 0.6 is 0 Å². The van der Waals surface area contributed by atoms with Crippen molar-refractivity contribution >= 4 is 5.91 Å². The summed E-state index contributed by atoms with van der Waals surface area (Å²) in [5, 5.41) is 5.59. The third kappa shape index (κ3) is 5.44. The maximum Gasteiger partial charge on any atom is 0.405 e. The van der Waals surface area contributed by atoms with E-state index in [4.69, 9.17) is 0 Å². The molecule has 1 fully saturated rings. The van der Waals surface area contributed by atoms with Crippen LogP contribution in [0.5, 0.6) is 0 Å². The molecule has 2 unspecified atom stereocenters. The van der Waals surface area contributed by atoms with Gasteiger partial charge in [-0.15, -0.1) is 0 Å². The number of benzene rings is 1. The molecule has 1 aliphatic heterocycles. The van der Waals surface area contributed by atoms with Crippen molar-refractivity contribution in [2.45, 2.75) is 32.0 Å². The van der Waals surface area contributed by atoms with Gasteiger partial charge in [0.2, 0.25) is 5.91 Å². The molecule has 0 aromatic heterocycles. The molecule has 7 heteroatoms. The van der Waals surface area contributed by atoms with E-state index < -0.39 is 24.7 Å². The van der Waals surface area contributed by atoms with Gasteiger partial charge in [0.25, 0.3) is 0 Å². The molecule has 0 saturated carbocycles. The predicted octanol–water partition coefficient (Wildman–Crippen LogP) is 2.38. The summed E-state index contributed by atoms with van der Waals surface area (Å²) >= 11 is 0. The van der Waals surface area contributed by atoms with Crippen LogP contribution in [0.15, 0.2) is 30.3 Å². The van der Waals surface area contributed by atoms with Crippen LogP contribution < -0.4 is 10.6 Å². The molecule has 4 nitrogen and oxygen atoms in total. The highest BCUT2D eigenvalue weighted by atomic mass is 19.4. The number of halogens is 3. The lowest BCUT2D eigenvalue weighted by molar-refractivity contribution is -0.184. The maximum atomic E-state index is 13.4. The van der Waals surface area contributed by atoms with Crippen LogP contribution in [0.3, 0.4) is 0 Å². The average molecular weight is 357 g/mol. The summed E-state index contributed by atoms with van der Waals surface area (Å²) in [6.07, 6.45) is -4.37. The Morgan fingerprint density at radius 2 is 1.80 bits per heavy atom. The van der Waals surface area contributed by atoms with Gasteiger partial charge < -0.3 is 10.6 Å². The van der Waals surface area contributed by atoms with E-state index in [1.165, 1.54) is 4.90 Å². The standard InChI is InChI=1S/C18H26F3N3O/c1-13(2)16(14-6-4-3-5-7-14)17(25)23-12-15(18(19,20)21)24-10-8-22-9-11-24/h3-7,13,15-16,22H,8-12H2,1-2H3,(H,23,25). The highest BCUT2D eigenvalue weighted by molar-refractivity contribution is 5.83. The molecule has 2 N–H and O–H groups in total. The third-order valence-corrected chi connectivity index (χ3v) is 4.55. The minimum Gasteiger partial charge on any atom is -0.354 e. The SMILES string of the molecule is CC(C)C(C(=O)NCC(N1CCNCC1)C(F)(F)F)c1ccccc1. The van der Waals surface area contributed by atoms with Crippen molar-refractivity contribution in [3.63, 3.8) is 0 Å². The lowest BCUT2D eigenvalue weighted by atomic mass is 9.87. The summed E-state index contributed by atoms with van der Waals surface area (Å²) in [4.78, 5) is 14.0. The van der Waals surface area contributed by atoms with E-state index in [1.54, 1.807) is 0 Å². The van der Waals surface area contributed by atoms with Crippen LogP contribution in [0.4, 0.5) is 13.2 Å². The number of amides is 1. The van der Waals surface area contributed by atoms with Gasteiger partial charge in [-0.1, -0.05) is 44.2 Å². The van der Waals surface area contributed by atoms with Gasteiger partial charge in [-0.05, 0) is 11.5 Å². The molecule has 25 heavy (non-hydrogen) atoms. The van der Waals surface area contributed by atoms with Crippen molar-refractivity contribution in [1.82, 2.24) is 15.5 Å². The molecule has 1 aromatic rings. The molecule has 1 amide bonds. The smallest absolute Gasteiger partial charge is 0.354 e. The molecule has 140 valence electrons. The Balaban J connectivity index is 2.06.